The van der Waals surface area contributed by atoms with Crippen LogP contribution in [0, 0.1) is 5.82 Å². The summed E-state index contributed by atoms with van der Waals surface area (Å²) in [5.41, 5.74) is 0.995. The maximum Gasteiger partial charge on any atom is 0.125 e. The topological polar surface area (TPSA) is 4.93 Å². The molecule has 0 bridgehead atoms. The Morgan fingerprint density at radius 3 is 2.93 bits per heavy atom. The quantitative estimate of drug-likeness (QED) is 0.603. The highest BCUT2D eigenvalue weighted by molar-refractivity contribution is 14.1. The molecule has 0 aliphatic heterocycles. The predicted molar refractivity (Wildman–Crippen MR) is 65.4 cm³/mol. The van der Waals surface area contributed by atoms with E-state index < -0.39 is 0 Å². The molecule has 1 aromatic carbocycles. The minimum atomic E-state index is -0.160. The summed E-state index contributed by atoms with van der Waals surface area (Å²) >= 11 is 2.36. The number of fused-ring (bicyclic) bond motifs is 1. The van der Waals surface area contributed by atoms with E-state index in [0.29, 0.717) is 0 Å². The fourth-order valence-electron chi connectivity index (χ4n) is 1.58. The molecule has 0 aliphatic rings. The van der Waals surface area contributed by atoms with Gasteiger partial charge < -0.3 is 4.57 Å². The lowest BCUT2D eigenvalue weighted by Gasteiger charge is -2.03. The molecular weight excluding hydrogens is 292 g/mol. The monoisotopic (exact) mass is 303 g/mol. The van der Waals surface area contributed by atoms with Crippen molar-refractivity contribution < 1.29 is 4.39 Å². The molecule has 0 spiro atoms. The van der Waals surface area contributed by atoms with Crippen LogP contribution in [-0.2, 0) is 6.54 Å². The first-order valence-electron chi connectivity index (χ1n) is 4.61. The zero-order chi connectivity index (χ0) is 9.97. The zero-order valence-corrected chi connectivity index (χ0v) is 9.87. The lowest BCUT2D eigenvalue weighted by Crippen LogP contribution is -1.96. The summed E-state index contributed by atoms with van der Waals surface area (Å²) < 4.78 is 16.2. The molecule has 1 aromatic heterocycles. The fourth-order valence-corrected chi connectivity index (χ4v) is 1.92. The van der Waals surface area contributed by atoms with Gasteiger partial charge in [0.1, 0.15) is 5.82 Å². The number of hydrogen-bond acceptors (Lipinski definition) is 0. The molecule has 0 saturated heterocycles. The summed E-state index contributed by atoms with van der Waals surface area (Å²) in [5.74, 6) is -0.160. The molecule has 0 N–H and O–H groups in total. The van der Waals surface area contributed by atoms with Gasteiger partial charge in [-0.25, -0.2) is 4.39 Å². The van der Waals surface area contributed by atoms with Crippen molar-refractivity contribution in [3.63, 3.8) is 0 Å². The van der Waals surface area contributed by atoms with Crippen LogP contribution in [0.4, 0.5) is 4.39 Å². The van der Waals surface area contributed by atoms with Crippen LogP contribution in [0.5, 0.6) is 0 Å². The third kappa shape index (κ3) is 1.92. The second-order valence-corrected chi connectivity index (χ2v) is 4.33. The molecule has 2 rings (SSSR count). The highest BCUT2D eigenvalue weighted by Gasteiger charge is 2.01. The fraction of sp³-hybridized carbons (Fsp3) is 0.273. The molecule has 74 valence electrons. The highest BCUT2D eigenvalue weighted by Crippen LogP contribution is 2.17. The molecule has 0 atom stereocenters. The molecule has 2 aromatic rings. The summed E-state index contributed by atoms with van der Waals surface area (Å²) in [6, 6.07) is 6.96. The van der Waals surface area contributed by atoms with Gasteiger partial charge in [0.15, 0.2) is 0 Å². The Hall–Kier alpha value is -0.580. The molecule has 1 heterocycles. The molecule has 1 nitrogen and oxygen atoms in total. The lowest BCUT2D eigenvalue weighted by atomic mass is 10.2. The first kappa shape index (κ1) is 9.96. The first-order valence-corrected chi connectivity index (χ1v) is 6.14. The number of alkyl halides is 1. The number of halogens is 2. The van der Waals surface area contributed by atoms with E-state index in [-0.39, 0.29) is 5.82 Å². The Bertz CT molecular complexity index is 436. The Kier molecular flexibility index (Phi) is 3.05. The maximum absolute atomic E-state index is 13.0. The van der Waals surface area contributed by atoms with Crippen LogP contribution in [0.3, 0.4) is 0 Å². The Morgan fingerprint density at radius 2 is 2.14 bits per heavy atom. The largest absolute Gasteiger partial charge is 0.347 e. The average Bonchev–Trinajstić information content (AvgIpc) is 2.57. The van der Waals surface area contributed by atoms with Crippen molar-refractivity contribution in [1.29, 1.82) is 0 Å². The van der Waals surface area contributed by atoms with Gasteiger partial charge in [0.05, 0.1) is 5.52 Å². The van der Waals surface area contributed by atoms with Crippen LogP contribution < -0.4 is 0 Å². The Labute approximate surface area is 96.1 Å². The van der Waals surface area contributed by atoms with Gasteiger partial charge >= 0.3 is 0 Å². The number of nitrogens with zero attached hydrogens (tertiary/aromatic N) is 1. The van der Waals surface area contributed by atoms with Crippen molar-refractivity contribution in [3.05, 3.63) is 36.3 Å². The zero-order valence-electron chi connectivity index (χ0n) is 7.71. The minimum Gasteiger partial charge on any atom is -0.347 e. The van der Waals surface area contributed by atoms with Gasteiger partial charge in [0.25, 0.3) is 0 Å². The smallest absolute Gasteiger partial charge is 0.125 e. The van der Waals surface area contributed by atoms with Gasteiger partial charge in [0, 0.05) is 17.2 Å². The minimum absolute atomic E-state index is 0.160. The molecule has 14 heavy (non-hydrogen) atoms. The number of aryl methyl sites for hydroxylation is 1. The number of rotatable bonds is 3. The number of benzene rings is 1. The summed E-state index contributed by atoms with van der Waals surface area (Å²) in [6.45, 7) is 0.968. The van der Waals surface area contributed by atoms with Crippen molar-refractivity contribution in [3.8, 4) is 0 Å². The molecular formula is C11H11FIN. The second kappa shape index (κ2) is 4.29. The lowest BCUT2D eigenvalue weighted by molar-refractivity contribution is 0.627. The number of aromatic nitrogens is 1. The first-order chi connectivity index (χ1) is 6.81. The maximum atomic E-state index is 13.0. The van der Waals surface area contributed by atoms with E-state index in [9.17, 15) is 4.39 Å². The predicted octanol–water partition coefficient (Wildman–Crippen LogP) is 3.61. The van der Waals surface area contributed by atoms with Gasteiger partial charge in [-0.2, -0.15) is 0 Å². The molecule has 0 amide bonds. The van der Waals surface area contributed by atoms with Gasteiger partial charge in [-0.05, 0) is 36.1 Å². The van der Waals surface area contributed by atoms with Gasteiger partial charge in [-0.15, -0.1) is 0 Å². The summed E-state index contributed by atoms with van der Waals surface area (Å²) in [5, 5.41) is 1.11. The number of hydrogen-bond donors (Lipinski definition) is 0. The molecule has 0 radical (unpaired) electrons. The van der Waals surface area contributed by atoms with Crippen LogP contribution in [0.25, 0.3) is 10.9 Å². The van der Waals surface area contributed by atoms with Crippen LogP contribution in [0.1, 0.15) is 6.42 Å². The molecule has 0 fully saturated rings. The van der Waals surface area contributed by atoms with E-state index in [4.69, 9.17) is 0 Å². The van der Waals surface area contributed by atoms with Crippen molar-refractivity contribution in [1.82, 2.24) is 4.57 Å². The van der Waals surface area contributed by atoms with Gasteiger partial charge in [-0.3, -0.25) is 0 Å². The van der Waals surface area contributed by atoms with E-state index in [2.05, 4.69) is 27.2 Å². The molecule has 0 aliphatic carbocycles. The van der Waals surface area contributed by atoms with Gasteiger partial charge in [-0.1, -0.05) is 22.6 Å². The SMILES string of the molecule is Fc1ccc2ccn(CCCI)c2c1. The van der Waals surface area contributed by atoms with E-state index in [1.807, 2.05) is 18.3 Å². The van der Waals surface area contributed by atoms with Crippen molar-refractivity contribution >= 4 is 33.5 Å². The van der Waals surface area contributed by atoms with Crippen LogP contribution in [0.2, 0.25) is 0 Å². The van der Waals surface area contributed by atoms with Crippen LogP contribution in [0.15, 0.2) is 30.5 Å². The van der Waals surface area contributed by atoms with E-state index in [1.165, 1.54) is 6.07 Å². The van der Waals surface area contributed by atoms with Crippen LogP contribution >= 0.6 is 22.6 Å². The Balaban J connectivity index is 2.40. The second-order valence-electron chi connectivity index (χ2n) is 3.25. The van der Waals surface area contributed by atoms with E-state index in [1.54, 1.807) is 6.07 Å². The van der Waals surface area contributed by atoms with Gasteiger partial charge in [0.2, 0.25) is 0 Å². The third-order valence-corrected chi connectivity index (χ3v) is 3.03. The van der Waals surface area contributed by atoms with Crippen molar-refractivity contribution in [2.45, 2.75) is 13.0 Å². The summed E-state index contributed by atoms with van der Waals surface area (Å²) in [4.78, 5) is 0. The Morgan fingerprint density at radius 1 is 1.29 bits per heavy atom. The summed E-state index contributed by atoms with van der Waals surface area (Å²) in [7, 11) is 0. The molecule has 0 saturated carbocycles. The van der Waals surface area contributed by atoms with E-state index >= 15 is 0 Å². The average molecular weight is 303 g/mol. The molecule has 3 heteroatoms. The van der Waals surface area contributed by atoms with Crippen LogP contribution in [-0.4, -0.2) is 8.99 Å². The highest BCUT2D eigenvalue weighted by atomic mass is 127. The third-order valence-electron chi connectivity index (χ3n) is 2.27. The molecule has 0 unspecified atom stereocenters. The normalized spacial score (nSPS) is 11.0. The van der Waals surface area contributed by atoms with Crippen molar-refractivity contribution in [2.24, 2.45) is 0 Å². The summed E-state index contributed by atoms with van der Waals surface area (Å²) in [6.07, 6.45) is 3.15. The van der Waals surface area contributed by atoms with E-state index in [0.717, 1.165) is 28.3 Å². The standard InChI is InChI=1S/C11H11FIN/c12-10-3-2-9-4-7-14(6-1-5-13)11(9)8-10/h2-4,7-8H,1,5-6H2. The van der Waals surface area contributed by atoms with Crippen molar-refractivity contribution in [2.75, 3.05) is 4.43 Å².